The average Bonchev–Trinajstić information content (AvgIpc) is 2.79. The lowest BCUT2D eigenvalue weighted by molar-refractivity contribution is -0.137. The van der Waals surface area contributed by atoms with E-state index in [1.807, 2.05) is 18.2 Å². The molecule has 1 N–H and O–H groups in total. The van der Waals surface area contributed by atoms with Crippen LogP contribution >= 0.6 is 0 Å². The number of carbonyl (C=O) groups excluding carboxylic acids is 1. The Hall–Kier alpha value is -1.64. The molecule has 0 aromatic heterocycles. The van der Waals surface area contributed by atoms with Crippen molar-refractivity contribution in [2.24, 2.45) is 5.92 Å². The molecule has 0 aliphatic heterocycles. The lowest BCUT2D eigenvalue weighted by atomic mass is 9.94. The molecule has 0 saturated carbocycles. The molecular formula is C18H26O3. The van der Waals surface area contributed by atoms with E-state index in [2.05, 4.69) is 13.0 Å². The van der Waals surface area contributed by atoms with Crippen molar-refractivity contribution in [2.45, 2.75) is 58.3 Å². The quantitative estimate of drug-likeness (QED) is 0.477. The predicted octanol–water partition coefficient (Wildman–Crippen LogP) is 4.45. The van der Waals surface area contributed by atoms with Crippen LogP contribution < -0.4 is 0 Å². The minimum atomic E-state index is -0.709. The van der Waals surface area contributed by atoms with Gasteiger partial charge in [-0.25, -0.2) is 0 Å². The standard InChI is InChI=1S/C18H26O3/c1-2-3-7-11-16-15(13-14-17(16)19)10-8-5-4-6-9-12-18(20)21/h3,7,11,13-15H,2,4-6,8-10,12H2,1H3,(H,20,21)/b7-3?,16-11-/t15-/m0/s1. The van der Waals surface area contributed by atoms with Gasteiger partial charge in [0.15, 0.2) is 5.78 Å². The van der Waals surface area contributed by atoms with Crippen LogP contribution in [0.2, 0.25) is 0 Å². The summed E-state index contributed by atoms with van der Waals surface area (Å²) in [7, 11) is 0. The highest BCUT2D eigenvalue weighted by molar-refractivity contribution is 6.07. The summed E-state index contributed by atoms with van der Waals surface area (Å²) in [4.78, 5) is 22.2. The fourth-order valence-corrected chi connectivity index (χ4v) is 2.52. The Morgan fingerprint density at radius 2 is 1.95 bits per heavy atom. The first-order valence-corrected chi connectivity index (χ1v) is 7.96. The number of carboxylic acids is 1. The number of hydrogen-bond donors (Lipinski definition) is 1. The van der Waals surface area contributed by atoms with Crippen LogP contribution in [0.15, 0.2) is 36.0 Å². The maximum atomic E-state index is 11.8. The fourth-order valence-electron chi connectivity index (χ4n) is 2.52. The van der Waals surface area contributed by atoms with Crippen molar-refractivity contribution < 1.29 is 14.7 Å². The first-order chi connectivity index (χ1) is 10.1. The van der Waals surface area contributed by atoms with Crippen LogP contribution in [0.3, 0.4) is 0 Å². The van der Waals surface area contributed by atoms with E-state index in [1.165, 1.54) is 0 Å². The number of rotatable bonds is 10. The van der Waals surface area contributed by atoms with Crippen LogP contribution in [0, 0.1) is 5.92 Å². The highest BCUT2D eigenvalue weighted by Crippen LogP contribution is 2.27. The van der Waals surface area contributed by atoms with Gasteiger partial charge in [0.2, 0.25) is 0 Å². The molecule has 0 aromatic rings. The molecule has 1 rings (SSSR count). The molecule has 0 bridgehead atoms. The lowest BCUT2D eigenvalue weighted by Gasteiger charge is -2.09. The molecule has 1 atom stereocenters. The molecule has 1 aliphatic carbocycles. The Labute approximate surface area is 127 Å². The van der Waals surface area contributed by atoms with Crippen molar-refractivity contribution in [1.82, 2.24) is 0 Å². The van der Waals surface area contributed by atoms with E-state index in [0.29, 0.717) is 0 Å². The topological polar surface area (TPSA) is 54.4 Å². The fraction of sp³-hybridized carbons (Fsp3) is 0.556. The molecule has 1 aliphatic rings. The van der Waals surface area contributed by atoms with Gasteiger partial charge in [-0.3, -0.25) is 9.59 Å². The van der Waals surface area contributed by atoms with Gasteiger partial charge in [-0.2, -0.15) is 0 Å². The molecule has 3 nitrogen and oxygen atoms in total. The Kier molecular flexibility index (Phi) is 8.41. The van der Waals surface area contributed by atoms with Gasteiger partial charge in [0.05, 0.1) is 0 Å². The van der Waals surface area contributed by atoms with Crippen LogP contribution in [0.5, 0.6) is 0 Å². The summed E-state index contributed by atoms with van der Waals surface area (Å²) in [5, 5.41) is 8.55. The summed E-state index contributed by atoms with van der Waals surface area (Å²) in [6, 6.07) is 0. The van der Waals surface area contributed by atoms with E-state index >= 15 is 0 Å². The van der Waals surface area contributed by atoms with Crippen molar-refractivity contribution in [3.63, 3.8) is 0 Å². The third kappa shape index (κ3) is 7.07. The maximum Gasteiger partial charge on any atom is 0.303 e. The minimum absolute atomic E-state index is 0.141. The molecule has 0 amide bonds. The summed E-state index contributed by atoms with van der Waals surface area (Å²) in [6.45, 7) is 2.07. The third-order valence-electron chi connectivity index (χ3n) is 3.72. The molecular weight excluding hydrogens is 264 g/mol. The van der Waals surface area contributed by atoms with E-state index in [9.17, 15) is 9.59 Å². The van der Waals surface area contributed by atoms with E-state index in [1.54, 1.807) is 6.08 Å². The zero-order valence-corrected chi connectivity index (χ0v) is 12.9. The molecule has 0 heterocycles. The zero-order valence-electron chi connectivity index (χ0n) is 12.9. The Morgan fingerprint density at radius 1 is 1.24 bits per heavy atom. The SMILES string of the molecule is CCC=C/C=C1\C(=O)C=C[C@@H]1CCCCCCCC(=O)O. The summed E-state index contributed by atoms with van der Waals surface area (Å²) < 4.78 is 0. The number of hydrogen-bond acceptors (Lipinski definition) is 2. The number of allylic oxidation sites excluding steroid dienone is 6. The molecule has 0 unspecified atom stereocenters. The van der Waals surface area contributed by atoms with Gasteiger partial charge in [-0.1, -0.05) is 56.9 Å². The normalized spacial score (nSPS) is 20.0. The smallest absolute Gasteiger partial charge is 0.303 e. The first-order valence-electron chi connectivity index (χ1n) is 7.96. The van der Waals surface area contributed by atoms with Gasteiger partial charge in [0.1, 0.15) is 0 Å². The van der Waals surface area contributed by atoms with Gasteiger partial charge in [-0.15, -0.1) is 0 Å². The minimum Gasteiger partial charge on any atom is -0.481 e. The van der Waals surface area contributed by atoms with Crippen LogP contribution in [-0.2, 0) is 9.59 Å². The van der Waals surface area contributed by atoms with Gasteiger partial charge < -0.3 is 5.11 Å². The predicted molar refractivity (Wildman–Crippen MR) is 85.1 cm³/mol. The summed E-state index contributed by atoms with van der Waals surface area (Å²) in [6.07, 6.45) is 16.9. The van der Waals surface area contributed by atoms with E-state index < -0.39 is 5.97 Å². The third-order valence-corrected chi connectivity index (χ3v) is 3.72. The van der Waals surface area contributed by atoms with E-state index in [-0.39, 0.29) is 18.1 Å². The average molecular weight is 290 g/mol. The second kappa shape index (κ2) is 10.1. The summed E-state index contributed by atoms with van der Waals surface area (Å²) in [5.41, 5.74) is 0.908. The van der Waals surface area contributed by atoms with Crippen LogP contribution in [0.4, 0.5) is 0 Å². The van der Waals surface area contributed by atoms with Crippen molar-refractivity contribution in [1.29, 1.82) is 0 Å². The van der Waals surface area contributed by atoms with Crippen LogP contribution in [0.1, 0.15) is 58.3 Å². The summed E-state index contributed by atoms with van der Waals surface area (Å²) in [5.74, 6) is -0.306. The molecule has 0 aromatic carbocycles. The summed E-state index contributed by atoms with van der Waals surface area (Å²) >= 11 is 0. The number of aliphatic carboxylic acids is 1. The molecule has 0 radical (unpaired) electrons. The van der Waals surface area contributed by atoms with Gasteiger partial charge >= 0.3 is 5.97 Å². The Balaban J connectivity index is 2.23. The molecule has 3 heteroatoms. The lowest BCUT2D eigenvalue weighted by Crippen LogP contribution is -2.02. The van der Waals surface area contributed by atoms with Crippen molar-refractivity contribution in [3.8, 4) is 0 Å². The van der Waals surface area contributed by atoms with Crippen LogP contribution in [0.25, 0.3) is 0 Å². The zero-order chi connectivity index (χ0) is 15.5. The van der Waals surface area contributed by atoms with Crippen molar-refractivity contribution in [2.75, 3.05) is 0 Å². The maximum absolute atomic E-state index is 11.8. The largest absolute Gasteiger partial charge is 0.481 e. The van der Waals surface area contributed by atoms with Crippen molar-refractivity contribution >= 4 is 11.8 Å². The van der Waals surface area contributed by atoms with E-state index in [4.69, 9.17) is 5.11 Å². The molecule has 21 heavy (non-hydrogen) atoms. The van der Waals surface area contributed by atoms with E-state index in [0.717, 1.165) is 50.5 Å². The molecule has 0 fully saturated rings. The number of unbranched alkanes of at least 4 members (excludes halogenated alkanes) is 4. The number of carboxylic acid groups (broad SMARTS) is 1. The first kappa shape index (κ1) is 17.4. The molecule has 0 saturated heterocycles. The van der Waals surface area contributed by atoms with Gasteiger partial charge in [0.25, 0.3) is 0 Å². The van der Waals surface area contributed by atoms with Crippen LogP contribution in [-0.4, -0.2) is 16.9 Å². The Bertz CT molecular complexity index is 430. The highest BCUT2D eigenvalue weighted by atomic mass is 16.4. The second-order valence-electron chi connectivity index (χ2n) is 5.49. The molecule has 0 spiro atoms. The highest BCUT2D eigenvalue weighted by Gasteiger charge is 2.21. The van der Waals surface area contributed by atoms with Gasteiger partial charge in [-0.05, 0) is 25.3 Å². The number of ketones is 1. The monoisotopic (exact) mass is 290 g/mol. The Morgan fingerprint density at radius 3 is 2.67 bits per heavy atom. The molecule has 116 valence electrons. The van der Waals surface area contributed by atoms with Crippen molar-refractivity contribution in [3.05, 3.63) is 36.0 Å². The number of carbonyl (C=O) groups is 2. The second-order valence-corrected chi connectivity index (χ2v) is 5.49. The van der Waals surface area contributed by atoms with Gasteiger partial charge in [0, 0.05) is 17.9 Å².